The molecule has 3 aliphatic rings. The van der Waals surface area contributed by atoms with Gasteiger partial charge in [0.2, 0.25) is 5.82 Å². The molecule has 5 heterocycles. The second kappa shape index (κ2) is 21.4. The van der Waals surface area contributed by atoms with Crippen LogP contribution in [-0.4, -0.2) is 108 Å². The number of H-pyrrole nitrogens is 1. The van der Waals surface area contributed by atoms with E-state index in [0.717, 1.165) is 63.2 Å². The van der Waals surface area contributed by atoms with E-state index >= 15 is 4.39 Å². The number of unbranched alkanes of at least 4 members (excludes halogenated alkanes) is 1. The Balaban J connectivity index is 1.02. The Morgan fingerprint density at radius 3 is 2.56 bits per heavy atom. The molecule has 1 spiro atoms. The van der Waals surface area contributed by atoms with Crippen molar-refractivity contribution in [2.75, 3.05) is 56.7 Å². The number of amides is 1. The zero-order valence-corrected chi connectivity index (χ0v) is 42.3. The van der Waals surface area contributed by atoms with E-state index in [0.29, 0.717) is 50.1 Å². The lowest BCUT2D eigenvalue weighted by Gasteiger charge is -2.57. The number of aromatic amines is 1. The molecular formula is C52H67FN8O9S. The van der Waals surface area contributed by atoms with E-state index in [1.165, 1.54) is 49.6 Å². The number of halogens is 1. The van der Waals surface area contributed by atoms with Gasteiger partial charge in [-0.05, 0) is 106 Å². The number of likely N-dealkylation sites (tertiary alicyclic amines) is 1. The fraction of sp³-hybridized carbons (Fsp3) is 0.519. The van der Waals surface area contributed by atoms with Crippen molar-refractivity contribution in [2.24, 2.45) is 5.41 Å². The van der Waals surface area contributed by atoms with Crippen molar-refractivity contribution in [2.45, 2.75) is 127 Å². The van der Waals surface area contributed by atoms with Gasteiger partial charge in [0.25, 0.3) is 21.8 Å². The van der Waals surface area contributed by atoms with E-state index in [1.807, 2.05) is 6.92 Å². The minimum absolute atomic E-state index is 0.0285. The zero-order valence-electron chi connectivity index (χ0n) is 41.5. The monoisotopic (exact) mass is 998 g/mol. The Hall–Kier alpha value is -5.89. The number of nitrogens with zero attached hydrogens (tertiary/aromatic N) is 5. The number of benzene rings is 2. The molecule has 2 aromatic carbocycles. The van der Waals surface area contributed by atoms with E-state index in [1.54, 1.807) is 26.0 Å². The smallest absolute Gasteiger partial charge is 0.312 e. The minimum atomic E-state index is -4.75. The highest BCUT2D eigenvalue weighted by molar-refractivity contribution is 7.90. The summed E-state index contributed by atoms with van der Waals surface area (Å²) in [5, 5.41) is 25.4. The predicted octanol–water partition coefficient (Wildman–Crippen LogP) is 9.44. The molecule has 1 aliphatic carbocycles. The molecule has 5 aromatic rings. The Morgan fingerprint density at radius 2 is 1.85 bits per heavy atom. The third-order valence-corrected chi connectivity index (χ3v) is 16.1. The van der Waals surface area contributed by atoms with Crippen LogP contribution in [0.25, 0.3) is 11.0 Å². The molecule has 3 aromatic heterocycles. The number of aliphatic hydroxyl groups is 1. The van der Waals surface area contributed by atoms with Gasteiger partial charge in [0.05, 0.1) is 33.8 Å². The van der Waals surface area contributed by atoms with Crippen LogP contribution in [0.5, 0.6) is 17.4 Å². The molecule has 8 rings (SSSR count). The van der Waals surface area contributed by atoms with E-state index in [9.17, 15) is 28.4 Å². The highest BCUT2D eigenvalue weighted by Gasteiger charge is 2.49. The number of fused-ring (bicyclic) bond motifs is 1. The number of ether oxygens (including phenoxy) is 3. The number of anilines is 2. The lowest BCUT2D eigenvalue weighted by atomic mass is 9.70. The van der Waals surface area contributed by atoms with E-state index in [2.05, 4.69) is 72.9 Å². The number of nitro groups is 1. The van der Waals surface area contributed by atoms with Crippen LogP contribution in [0.15, 0.2) is 71.9 Å². The standard InChI is InChI=1S/C52H67FN8O9S/c1-7-51(5,63)19-10-11-22-54-48-44(61(64)65)26-36(28-55-48)71(66,67)58-49(62)40-18-17-35(25-45(40)70-46-27-41-42(53)29-56-47(41)57-50(46)69-30-34(4)68-6)59-23-20-52(21-24-59)31-60(32-52)43-16-12-15-39(43)38-14-9-8-13-37(38)33(2)3/h8-9,13-14,17-18,25-29,33-34,39,43,63H,7,10-12,15-16,19-24,30-32H2,1-6H3,(H,54,55)(H,56,57)(H,58,62)/t34-,39-,43-,51-/m1/s1. The summed E-state index contributed by atoms with van der Waals surface area (Å²) in [4.78, 5) is 41.2. The number of methoxy groups -OCH3 is 1. The molecule has 17 nitrogen and oxygen atoms in total. The average Bonchev–Trinajstić information content (AvgIpc) is 3.98. The highest BCUT2D eigenvalue weighted by Crippen LogP contribution is 2.49. The van der Waals surface area contributed by atoms with Crippen LogP contribution in [0.2, 0.25) is 0 Å². The average molecular weight is 999 g/mol. The molecule has 0 radical (unpaired) electrons. The number of hydrogen-bond acceptors (Lipinski definition) is 14. The number of piperidine rings is 1. The number of pyridine rings is 2. The van der Waals surface area contributed by atoms with Crippen molar-refractivity contribution in [1.29, 1.82) is 0 Å². The summed E-state index contributed by atoms with van der Waals surface area (Å²) in [7, 11) is -3.22. The molecular weight excluding hydrogens is 932 g/mol. The topological polar surface area (TPSA) is 214 Å². The van der Waals surface area contributed by atoms with E-state index < -0.39 is 42.9 Å². The van der Waals surface area contributed by atoms with Gasteiger partial charge in [0, 0.05) is 76.0 Å². The molecule has 0 bridgehead atoms. The Labute approximate surface area is 415 Å². The molecule has 3 fully saturated rings. The summed E-state index contributed by atoms with van der Waals surface area (Å²) in [6.45, 7) is 13.9. The summed E-state index contributed by atoms with van der Waals surface area (Å²) in [6, 6.07) is 16.5. The van der Waals surface area contributed by atoms with Crippen LogP contribution in [0.1, 0.15) is 126 Å². The summed E-state index contributed by atoms with van der Waals surface area (Å²) in [6.07, 6.45) is 9.64. The molecule has 1 amide bonds. The van der Waals surface area contributed by atoms with Gasteiger partial charge in [-0.25, -0.2) is 22.5 Å². The van der Waals surface area contributed by atoms with Gasteiger partial charge in [-0.1, -0.05) is 51.5 Å². The van der Waals surface area contributed by atoms with Crippen molar-refractivity contribution in [3.05, 3.63) is 99.6 Å². The molecule has 1 saturated carbocycles. The van der Waals surface area contributed by atoms with Crippen LogP contribution >= 0.6 is 0 Å². The minimum Gasteiger partial charge on any atom is -0.472 e. The molecule has 2 aliphatic heterocycles. The quantitative estimate of drug-likeness (QED) is 0.0306. The third kappa shape index (κ3) is 11.6. The number of carbonyl (C=O) groups is 1. The van der Waals surface area contributed by atoms with Crippen LogP contribution in [0.3, 0.4) is 0 Å². The lowest BCUT2D eigenvalue weighted by Crippen LogP contribution is -2.63. The Bertz CT molecular complexity index is 2820. The first kappa shape index (κ1) is 51.5. The molecule has 0 unspecified atom stereocenters. The van der Waals surface area contributed by atoms with Gasteiger partial charge < -0.3 is 34.5 Å². The van der Waals surface area contributed by atoms with Gasteiger partial charge in [-0.3, -0.25) is 19.8 Å². The SMILES string of the molecule is CC[C@@](C)(O)CCCCNc1ncc(S(=O)(=O)NC(=O)c2ccc(N3CCC4(CC3)CN([C@@H]3CCC[C@@H]3c3ccccc3C(C)C)C4)cc2Oc2cc3c(F)c[nH]c3nc2OC[C@@H](C)OC)cc1[N+](=O)[O-]. The van der Waals surface area contributed by atoms with Gasteiger partial charge in [-0.15, -0.1) is 0 Å². The first-order valence-electron chi connectivity index (χ1n) is 24.8. The van der Waals surface area contributed by atoms with Gasteiger partial charge in [0.15, 0.2) is 5.75 Å². The molecule has 4 atom stereocenters. The van der Waals surface area contributed by atoms with Crippen molar-refractivity contribution in [3.8, 4) is 17.4 Å². The maximum absolute atomic E-state index is 15.0. The van der Waals surface area contributed by atoms with Crippen molar-refractivity contribution >= 4 is 44.2 Å². The molecule has 19 heteroatoms. The first-order chi connectivity index (χ1) is 33.9. The first-order valence-corrected chi connectivity index (χ1v) is 26.3. The van der Waals surface area contributed by atoms with Crippen molar-refractivity contribution in [3.63, 3.8) is 0 Å². The predicted molar refractivity (Wildman–Crippen MR) is 270 cm³/mol. The summed E-state index contributed by atoms with van der Waals surface area (Å²) < 4.78 is 62.6. The molecule has 382 valence electrons. The zero-order chi connectivity index (χ0) is 50.7. The molecule has 71 heavy (non-hydrogen) atoms. The fourth-order valence-electron chi connectivity index (χ4n) is 10.3. The molecule has 4 N–H and O–H groups in total. The number of hydrogen-bond donors (Lipinski definition) is 4. The number of rotatable bonds is 21. The fourth-order valence-corrected chi connectivity index (χ4v) is 11.3. The van der Waals surface area contributed by atoms with Crippen LogP contribution < -0.4 is 24.4 Å². The third-order valence-electron chi connectivity index (χ3n) is 14.8. The van der Waals surface area contributed by atoms with Gasteiger partial charge in [-0.2, -0.15) is 4.98 Å². The molecule has 2 saturated heterocycles. The maximum atomic E-state index is 15.0. The van der Waals surface area contributed by atoms with E-state index in [4.69, 9.17) is 14.2 Å². The van der Waals surface area contributed by atoms with Crippen LogP contribution in [0.4, 0.5) is 21.6 Å². The normalized spacial score (nSPS) is 19.4. The highest BCUT2D eigenvalue weighted by atomic mass is 32.2. The second-order valence-electron chi connectivity index (χ2n) is 20.2. The van der Waals surface area contributed by atoms with Crippen LogP contribution in [0, 0.1) is 21.3 Å². The summed E-state index contributed by atoms with van der Waals surface area (Å²) >= 11 is 0. The van der Waals surface area contributed by atoms with Crippen LogP contribution in [-0.2, 0) is 14.8 Å². The van der Waals surface area contributed by atoms with Gasteiger partial charge >= 0.3 is 5.69 Å². The second-order valence-corrected chi connectivity index (χ2v) is 21.9. The Morgan fingerprint density at radius 1 is 1.08 bits per heavy atom. The number of nitrogens with one attached hydrogen (secondary N) is 3. The number of carbonyl (C=O) groups excluding carboxylic acids is 1. The Kier molecular flexibility index (Phi) is 15.5. The van der Waals surface area contributed by atoms with E-state index in [-0.39, 0.29) is 57.9 Å². The van der Waals surface area contributed by atoms with Crippen molar-refractivity contribution in [1.82, 2.24) is 24.6 Å². The number of sulfonamides is 1. The van der Waals surface area contributed by atoms with Gasteiger partial charge in [0.1, 0.15) is 28.7 Å². The number of aromatic nitrogens is 3. The summed E-state index contributed by atoms with van der Waals surface area (Å²) in [5.41, 5.74) is 2.44. The van der Waals surface area contributed by atoms with Crippen molar-refractivity contribution < 1.29 is 41.8 Å². The summed E-state index contributed by atoms with van der Waals surface area (Å²) in [5.74, 6) is -0.964. The lowest BCUT2D eigenvalue weighted by molar-refractivity contribution is -0.384. The maximum Gasteiger partial charge on any atom is 0.312 e. The largest absolute Gasteiger partial charge is 0.472 e.